The van der Waals surface area contributed by atoms with Crippen molar-refractivity contribution >= 4 is 60.4 Å². The molecule has 2 aromatic heterocycles. The number of para-hydroxylation sites is 4. The van der Waals surface area contributed by atoms with Gasteiger partial charge in [0.1, 0.15) is 33.8 Å². The first kappa shape index (κ1) is 36.7. The Morgan fingerprint density at radius 1 is 0.436 bits per heavy atom. The van der Waals surface area contributed by atoms with Gasteiger partial charge in [-0.2, -0.15) is 0 Å². The van der Waals surface area contributed by atoms with Crippen molar-refractivity contribution in [1.29, 1.82) is 0 Å². The van der Waals surface area contributed by atoms with Crippen molar-refractivity contribution in [3.63, 3.8) is 0 Å². The van der Waals surface area contributed by atoms with Gasteiger partial charge in [0.25, 0.3) is 0 Å². The molecule has 8 aromatic rings. The van der Waals surface area contributed by atoms with E-state index in [2.05, 4.69) is 104 Å². The second kappa shape index (κ2) is 14.4. The van der Waals surface area contributed by atoms with E-state index in [0.717, 1.165) is 88.8 Å². The predicted octanol–water partition coefficient (Wildman–Crippen LogP) is 15.4. The molecule has 6 aromatic carbocycles. The Hall–Kier alpha value is -5.28. The second-order valence-corrected chi connectivity index (χ2v) is 18.2. The van der Waals surface area contributed by atoms with Crippen molar-refractivity contribution in [2.24, 2.45) is 0 Å². The summed E-state index contributed by atoms with van der Waals surface area (Å²) in [5, 5.41) is 3.88. The van der Waals surface area contributed by atoms with Crippen molar-refractivity contribution in [1.82, 2.24) is 0 Å². The largest absolute Gasteiger partial charge is 0.453 e. The highest BCUT2D eigenvalue weighted by Gasteiger charge is 2.28. The molecule has 8 rings (SSSR count). The zero-order valence-corrected chi connectivity index (χ0v) is 34.4. The molecule has 0 saturated heterocycles. The van der Waals surface area contributed by atoms with Crippen LogP contribution in [0, 0.1) is 13.8 Å². The predicted molar refractivity (Wildman–Crippen MR) is 227 cm³/mol. The average Bonchev–Trinajstić information content (AvgIpc) is 3.40. The highest BCUT2D eigenvalue weighted by molar-refractivity contribution is 7.32. The highest BCUT2D eigenvalue weighted by Crippen LogP contribution is 2.47. The fourth-order valence-electron chi connectivity index (χ4n) is 7.15. The maximum atomic E-state index is 7.01. The minimum atomic E-state index is -1.88. The smallest absolute Gasteiger partial charge is 0.390 e. The zero-order valence-electron chi connectivity index (χ0n) is 32.6. The van der Waals surface area contributed by atoms with Gasteiger partial charge in [0.2, 0.25) is 0 Å². The number of hydrogen-bond acceptors (Lipinski definition) is 6. The van der Waals surface area contributed by atoms with Crippen LogP contribution in [0.5, 0.6) is 11.5 Å². The monoisotopic (exact) mass is 768 g/mol. The van der Waals surface area contributed by atoms with E-state index in [1.807, 2.05) is 72.8 Å². The van der Waals surface area contributed by atoms with Gasteiger partial charge in [-0.3, -0.25) is 0 Å². The molecule has 2 heterocycles. The summed E-state index contributed by atoms with van der Waals surface area (Å²) in [6.07, 6.45) is 0.521. The van der Waals surface area contributed by atoms with Crippen LogP contribution in [0.2, 0.25) is 0 Å². The summed E-state index contributed by atoms with van der Waals surface area (Å²) >= 11 is 0. The van der Waals surface area contributed by atoms with Crippen LogP contribution in [0.4, 0.5) is 0 Å². The summed E-state index contributed by atoms with van der Waals surface area (Å²) in [4.78, 5) is 0. The molecule has 8 heteroatoms. The Balaban J connectivity index is 1.32. The molecule has 0 bridgehead atoms. The minimum Gasteiger partial charge on any atom is -0.390 e. The molecular formula is C47H46O6P2. The van der Waals surface area contributed by atoms with Crippen molar-refractivity contribution in [2.45, 2.75) is 72.6 Å². The van der Waals surface area contributed by atoms with Crippen molar-refractivity contribution in [2.75, 3.05) is 0 Å². The van der Waals surface area contributed by atoms with Crippen LogP contribution in [-0.4, -0.2) is 0 Å². The van der Waals surface area contributed by atoms with E-state index in [-0.39, 0.29) is 10.8 Å². The highest BCUT2D eigenvalue weighted by atomic mass is 31.1. The van der Waals surface area contributed by atoms with Crippen LogP contribution in [0.3, 0.4) is 0 Å². The molecule has 0 saturated carbocycles. The van der Waals surface area contributed by atoms with Gasteiger partial charge in [-0.05, 0) is 48.9 Å². The van der Waals surface area contributed by atoms with Gasteiger partial charge in [0.05, 0.1) is 0 Å². The van der Waals surface area contributed by atoms with Crippen molar-refractivity contribution in [3.05, 3.63) is 155 Å². The second-order valence-electron chi connectivity index (χ2n) is 16.3. The standard InChI is InChI=1S/C47H46O6P2/c1-30-25-32(44(38(27-30)46(3,4)5)52-54-48-40-21-13-9-17-34(40)35-18-10-14-22-41(35)49-54)29-33-26-31(2)28-39(47(6,7)8)45(33)53-55-50-42-23-15-11-19-36(42)37-20-12-16-24-43(37)51-55/h9-28H,29H2,1-8H3. The summed E-state index contributed by atoms with van der Waals surface area (Å²) in [7, 11) is -3.77. The molecule has 0 N–H and O–H groups in total. The van der Waals surface area contributed by atoms with Crippen LogP contribution in [0.1, 0.15) is 74.9 Å². The summed E-state index contributed by atoms with van der Waals surface area (Å²) in [6.45, 7) is 17.5. The molecule has 0 spiro atoms. The molecule has 6 nitrogen and oxygen atoms in total. The number of hydrogen-bond donors (Lipinski definition) is 0. The Morgan fingerprint density at radius 3 is 1.02 bits per heavy atom. The van der Waals surface area contributed by atoms with E-state index in [1.165, 1.54) is 0 Å². The maximum absolute atomic E-state index is 7.01. The summed E-state index contributed by atoms with van der Waals surface area (Å²) < 4.78 is 40.4. The van der Waals surface area contributed by atoms with Gasteiger partial charge in [-0.15, -0.1) is 0 Å². The number of benzene rings is 6. The first-order valence-electron chi connectivity index (χ1n) is 18.6. The maximum Gasteiger partial charge on any atom is 0.453 e. The molecule has 0 aliphatic carbocycles. The Bertz CT molecular complexity index is 2490. The lowest BCUT2D eigenvalue weighted by Crippen LogP contribution is -2.15. The SMILES string of the molecule is Cc1cc(Cc2cc(C)cc(C(C)(C)C)c2Op2oc3ccccc3c3ccccc3o2)c(Op2oc3ccccc3c3ccccc3o2)c(C(C)(C)C)c1. The molecule has 55 heavy (non-hydrogen) atoms. The third-order valence-corrected chi connectivity index (χ3v) is 11.8. The lowest BCUT2D eigenvalue weighted by molar-refractivity contribution is 0.471. The van der Waals surface area contributed by atoms with E-state index in [0.29, 0.717) is 6.42 Å². The first-order valence-corrected chi connectivity index (χ1v) is 20.8. The molecular weight excluding hydrogens is 722 g/mol. The Labute approximate surface area is 324 Å². The Morgan fingerprint density at radius 2 is 0.727 bits per heavy atom. The molecule has 280 valence electrons. The van der Waals surface area contributed by atoms with Crippen LogP contribution >= 0.6 is 16.5 Å². The van der Waals surface area contributed by atoms with Gasteiger partial charge < -0.3 is 25.8 Å². The van der Waals surface area contributed by atoms with Gasteiger partial charge >= 0.3 is 16.5 Å². The van der Waals surface area contributed by atoms with E-state index < -0.39 is 16.5 Å². The number of aryl methyl sites for hydroxylation is 2. The lowest BCUT2D eigenvalue weighted by Gasteiger charge is -2.27. The van der Waals surface area contributed by atoms with Gasteiger partial charge in [-0.1, -0.05) is 150 Å². The molecule has 0 fully saturated rings. The topological polar surface area (TPSA) is 71.0 Å². The molecule has 0 radical (unpaired) electrons. The zero-order chi connectivity index (χ0) is 38.5. The lowest BCUT2D eigenvalue weighted by atomic mass is 9.81. The minimum absolute atomic E-state index is 0.248. The fourth-order valence-corrected chi connectivity index (χ4v) is 9.38. The van der Waals surface area contributed by atoms with Gasteiger partial charge in [0, 0.05) is 50.2 Å². The van der Waals surface area contributed by atoms with Crippen LogP contribution in [0.25, 0.3) is 43.9 Å². The summed E-state index contributed by atoms with van der Waals surface area (Å²) in [5.41, 5.74) is 8.83. The van der Waals surface area contributed by atoms with Crippen molar-refractivity contribution < 1.29 is 25.8 Å². The fraction of sp³-hybridized carbons (Fsp3) is 0.234. The number of rotatable bonds is 6. The van der Waals surface area contributed by atoms with Crippen LogP contribution in [-0.2, 0) is 17.3 Å². The molecule has 0 unspecified atom stereocenters. The van der Waals surface area contributed by atoms with E-state index in [9.17, 15) is 0 Å². The van der Waals surface area contributed by atoms with Crippen LogP contribution in [0.15, 0.2) is 138 Å². The number of fused-ring (bicyclic) bond motifs is 6. The van der Waals surface area contributed by atoms with Gasteiger partial charge in [0.15, 0.2) is 0 Å². The Kier molecular flexibility index (Phi) is 9.62. The third kappa shape index (κ3) is 7.55. The normalized spacial score (nSPS) is 12.1. The summed E-state index contributed by atoms with van der Waals surface area (Å²) in [6, 6.07) is 40.9. The van der Waals surface area contributed by atoms with E-state index in [4.69, 9.17) is 25.8 Å². The molecule has 0 atom stereocenters. The molecule has 0 aliphatic rings. The quantitative estimate of drug-likeness (QED) is 0.168. The van der Waals surface area contributed by atoms with E-state index in [1.54, 1.807) is 0 Å². The third-order valence-electron chi connectivity index (χ3n) is 9.77. The van der Waals surface area contributed by atoms with Crippen LogP contribution < -0.4 is 9.05 Å². The first-order chi connectivity index (χ1) is 26.3. The summed E-state index contributed by atoms with van der Waals surface area (Å²) in [5.74, 6) is 1.50. The average molecular weight is 769 g/mol. The van der Waals surface area contributed by atoms with Gasteiger partial charge in [-0.25, -0.2) is 0 Å². The molecule has 0 amide bonds. The molecule has 0 aliphatic heterocycles. The van der Waals surface area contributed by atoms with Crippen molar-refractivity contribution in [3.8, 4) is 11.5 Å². The van der Waals surface area contributed by atoms with E-state index >= 15 is 0 Å².